The molecule has 2 heteroatoms. The van der Waals surface area contributed by atoms with Crippen molar-refractivity contribution >= 4 is 0 Å². The van der Waals surface area contributed by atoms with Crippen LogP contribution in [0.4, 0.5) is 0 Å². The van der Waals surface area contributed by atoms with Crippen LogP contribution in [-0.4, -0.2) is 24.5 Å². The van der Waals surface area contributed by atoms with Crippen LogP contribution in [0.3, 0.4) is 0 Å². The van der Waals surface area contributed by atoms with E-state index < -0.39 is 0 Å². The maximum atomic E-state index is 6.07. The number of hydrogen-bond acceptors (Lipinski definition) is 2. The molecule has 0 aliphatic carbocycles. The Bertz CT molecular complexity index is 379. The summed E-state index contributed by atoms with van der Waals surface area (Å²) in [6.07, 6.45) is 3.90. The van der Waals surface area contributed by atoms with Crippen LogP contribution in [0.1, 0.15) is 48.9 Å². The predicted octanol–water partition coefficient (Wildman–Crippen LogP) is 3.43. The molecule has 0 spiro atoms. The van der Waals surface area contributed by atoms with Crippen molar-refractivity contribution in [2.24, 2.45) is 11.7 Å². The number of rotatable bonds is 3. The highest BCUT2D eigenvalue weighted by Gasteiger charge is 2.29. The van der Waals surface area contributed by atoms with Gasteiger partial charge in [-0.15, -0.1) is 0 Å². The highest BCUT2D eigenvalue weighted by Crippen LogP contribution is 2.35. The highest BCUT2D eigenvalue weighted by atomic mass is 15.2. The quantitative estimate of drug-likeness (QED) is 0.902. The summed E-state index contributed by atoms with van der Waals surface area (Å²) in [6, 6.07) is 7.48. The van der Waals surface area contributed by atoms with Gasteiger partial charge in [-0.05, 0) is 57.8 Å². The molecule has 0 radical (unpaired) electrons. The van der Waals surface area contributed by atoms with Gasteiger partial charge in [-0.2, -0.15) is 0 Å². The molecule has 1 fully saturated rings. The van der Waals surface area contributed by atoms with Crippen molar-refractivity contribution in [3.05, 3.63) is 34.9 Å². The third kappa shape index (κ3) is 3.37. The fourth-order valence-corrected chi connectivity index (χ4v) is 3.58. The molecule has 2 nitrogen and oxygen atoms in total. The van der Waals surface area contributed by atoms with Crippen LogP contribution in [0.15, 0.2) is 18.2 Å². The molecule has 1 aliphatic rings. The van der Waals surface area contributed by atoms with Crippen LogP contribution in [-0.2, 0) is 0 Å². The lowest BCUT2D eigenvalue weighted by Gasteiger charge is -2.34. The summed E-state index contributed by atoms with van der Waals surface area (Å²) in [5.41, 5.74) is 10.3. The summed E-state index contributed by atoms with van der Waals surface area (Å²) < 4.78 is 0. The maximum absolute atomic E-state index is 6.07. The first-order valence-corrected chi connectivity index (χ1v) is 7.68. The molecule has 1 aromatic carbocycles. The smallest absolute Gasteiger partial charge is 0.0388 e. The first kappa shape index (κ1) is 14.5. The Hall–Kier alpha value is -0.860. The van der Waals surface area contributed by atoms with Crippen LogP contribution in [0.2, 0.25) is 0 Å². The number of likely N-dealkylation sites (tertiary alicyclic amines) is 1. The summed E-state index contributed by atoms with van der Waals surface area (Å²) in [6.45, 7) is 9.80. The Morgan fingerprint density at radius 1 is 1.16 bits per heavy atom. The number of nitrogens with zero attached hydrogens (tertiary/aromatic N) is 1. The van der Waals surface area contributed by atoms with E-state index in [2.05, 4.69) is 43.9 Å². The molecule has 0 aromatic heterocycles. The van der Waals surface area contributed by atoms with Crippen molar-refractivity contribution in [1.29, 1.82) is 0 Å². The van der Waals surface area contributed by atoms with Gasteiger partial charge in [0.25, 0.3) is 0 Å². The lowest BCUT2D eigenvalue weighted by molar-refractivity contribution is 0.166. The third-order valence-corrected chi connectivity index (χ3v) is 4.40. The second-order valence-corrected chi connectivity index (χ2v) is 5.99. The van der Waals surface area contributed by atoms with Crippen LogP contribution in [0.25, 0.3) is 0 Å². The highest BCUT2D eigenvalue weighted by molar-refractivity contribution is 5.31. The third-order valence-electron chi connectivity index (χ3n) is 4.40. The number of nitrogens with two attached hydrogens (primary N) is 1. The molecule has 106 valence electrons. The van der Waals surface area contributed by atoms with Gasteiger partial charge in [0.2, 0.25) is 0 Å². The van der Waals surface area contributed by atoms with Gasteiger partial charge in [0.15, 0.2) is 0 Å². The molecule has 1 aromatic rings. The van der Waals surface area contributed by atoms with E-state index in [1.807, 2.05) is 0 Å². The van der Waals surface area contributed by atoms with E-state index in [1.165, 1.54) is 42.5 Å². The van der Waals surface area contributed by atoms with Gasteiger partial charge < -0.3 is 5.73 Å². The van der Waals surface area contributed by atoms with E-state index in [1.54, 1.807) is 0 Å². The van der Waals surface area contributed by atoms with Crippen molar-refractivity contribution in [2.45, 2.75) is 46.1 Å². The molecule has 0 saturated carbocycles. The van der Waals surface area contributed by atoms with Gasteiger partial charge >= 0.3 is 0 Å². The zero-order valence-corrected chi connectivity index (χ0v) is 12.7. The zero-order chi connectivity index (χ0) is 13.8. The van der Waals surface area contributed by atoms with Gasteiger partial charge in [-0.3, -0.25) is 4.90 Å². The topological polar surface area (TPSA) is 29.3 Å². The number of aryl methyl sites for hydroxylation is 2. The number of hydrogen-bond donors (Lipinski definition) is 1. The van der Waals surface area contributed by atoms with Gasteiger partial charge in [0.05, 0.1) is 0 Å². The molecule has 2 atom stereocenters. The van der Waals surface area contributed by atoms with E-state index in [9.17, 15) is 0 Å². The minimum Gasteiger partial charge on any atom is -0.330 e. The molecule has 0 amide bonds. The summed E-state index contributed by atoms with van der Waals surface area (Å²) in [5.74, 6) is 0.601. The first-order chi connectivity index (χ1) is 9.15. The SMILES string of the molecule is CCN1CCCCC(CN)C1c1cc(C)cc(C)c1. The lowest BCUT2D eigenvalue weighted by atomic mass is 9.88. The van der Waals surface area contributed by atoms with Crippen molar-refractivity contribution in [3.63, 3.8) is 0 Å². The van der Waals surface area contributed by atoms with Gasteiger partial charge in [0, 0.05) is 6.04 Å². The second kappa shape index (κ2) is 6.53. The predicted molar refractivity (Wildman–Crippen MR) is 82.3 cm³/mol. The Morgan fingerprint density at radius 2 is 1.84 bits per heavy atom. The molecular formula is C17H28N2. The van der Waals surface area contributed by atoms with Crippen LogP contribution in [0.5, 0.6) is 0 Å². The monoisotopic (exact) mass is 260 g/mol. The van der Waals surface area contributed by atoms with Crippen molar-refractivity contribution in [1.82, 2.24) is 4.90 Å². The lowest BCUT2D eigenvalue weighted by Crippen LogP contribution is -2.35. The Balaban J connectivity index is 2.38. The Kier molecular flexibility index (Phi) is 5.00. The molecule has 2 N–H and O–H groups in total. The largest absolute Gasteiger partial charge is 0.330 e. The average molecular weight is 260 g/mol. The van der Waals surface area contributed by atoms with Gasteiger partial charge in [-0.25, -0.2) is 0 Å². The summed E-state index contributed by atoms with van der Waals surface area (Å²) in [5, 5.41) is 0. The van der Waals surface area contributed by atoms with Crippen molar-refractivity contribution in [3.8, 4) is 0 Å². The minimum atomic E-state index is 0.510. The average Bonchev–Trinajstić information content (AvgIpc) is 2.58. The summed E-state index contributed by atoms with van der Waals surface area (Å²) >= 11 is 0. The normalized spacial score (nSPS) is 25.3. The zero-order valence-electron chi connectivity index (χ0n) is 12.7. The molecule has 1 saturated heterocycles. The standard InChI is InChI=1S/C17H28N2/c1-4-19-8-6-5-7-15(12-18)17(19)16-10-13(2)9-14(3)11-16/h9-11,15,17H,4-8,12,18H2,1-3H3. The van der Waals surface area contributed by atoms with Gasteiger partial charge in [0.1, 0.15) is 0 Å². The summed E-state index contributed by atoms with van der Waals surface area (Å²) in [7, 11) is 0. The van der Waals surface area contributed by atoms with Crippen LogP contribution >= 0.6 is 0 Å². The van der Waals surface area contributed by atoms with Crippen molar-refractivity contribution in [2.75, 3.05) is 19.6 Å². The molecule has 2 unspecified atom stereocenters. The van der Waals surface area contributed by atoms with Crippen LogP contribution in [0, 0.1) is 19.8 Å². The van der Waals surface area contributed by atoms with Crippen LogP contribution < -0.4 is 5.73 Å². The number of benzene rings is 1. The van der Waals surface area contributed by atoms with E-state index in [0.717, 1.165) is 13.1 Å². The van der Waals surface area contributed by atoms with E-state index in [4.69, 9.17) is 5.73 Å². The van der Waals surface area contributed by atoms with E-state index in [-0.39, 0.29) is 0 Å². The first-order valence-electron chi connectivity index (χ1n) is 7.68. The fourth-order valence-electron chi connectivity index (χ4n) is 3.58. The molecule has 0 bridgehead atoms. The second-order valence-electron chi connectivity index (χ2n) is 5.99. The van der Waals surface area contributed by atoms with E-state index >= 15 is 0 Å². The maximum Gasteiger partial charge on any atom is 0.0388 e. The fraction of sp³-hybridized carbons (Fsp3) is 0.647. The molecular weight excluding hydrogens is 232 g/mol. The Morgan fingerprint density at radius 3 is 2.42 bits per heavy atom. The molecule has 1 aliphatic heterocycles. The van der Waals surface area contributed by atoms with Crippen molar-refractivity contribution < 1.29 is 0 Å². The molecule has 2 rings (SSSR count). The van der Waals surface area contributed by atoms with E-state index in [0.29, 0.717) is 12.0 Å². The Labute approximate surface area is 118 Å². The summed E-state index contributed by atoms with van der Waals surface area (Å²) in [4.78, 5) is 2.62. The molecule has 1 heterocycles. The minimum absolute atomic E-state index is 0.510. The molecule has 19 heavy (non-hydrogen) atoms. The van der Waals surface area contributed by atoms with Gasteiger partial charge in [-0.1, -0.05) is 42.7 Å².